The average Bonchev–Trinajstić information content (AvgIpc) is 2.99. The molecular weight excluding hydrogens is 517 g/mol. The van der Waals surface area contributed by atoms with Gasteiger partial charge in [-0.3, -0.25) is 4.79 Å². The van der Waals surface area contributed by atoms with Crippen molar-refractivity contribution < 1.29 is 18.7 Å². The highest BCUT2D eigenvalue weighted by atomic mass is 19.1. The number of carbonyl (C=O) groups excluding carboxylic acids is 2. The summed E-state index contributed by atoms with van der Waals surface area (Å²) in [6.07, 6.45) is 7.13. The second-order valence-electron chi connectivity index (χ2n) is 10.4. The van der Waals surface area contributed by atoms with E-state index in [-0.39, 0.29) is 36.2 Å². The van der Waals surface area contributed by atoms with Gasteiger partial charge < -0.3 is 14.5 Å². The lowest BCUT2D eigenvalue weighted by atomic mass is 9.88. The average molecular weight is 554 g/mol. The van der Waals surface area contributed by atoms with Crippen molar-refractivity contribution in [2.75, 3.05) is 30.5 Å². The van der Waals surface area contributed by atoms with Crippen LogP contribution in [0.15, 0.2) is 66.7 Å². The Balaban J connectivity index is 1.69. The first-order chi connectivity index (χ1) is 19.8. The normalized spacial score (nSPS) is 13.5. The van der Waals surface area contributed by atoms with Gasteiger partial charge in [0.2, 0.25) is 5.91 Å². The molecule has 0 aliphatic heterocycles. The van der Waals surface area contributed by atoms with E-state index in [1.807, 2.05) is 55.4 Å². The standard InChI is InChI=1S/C34H36FN3O3/c1-5-41-32(39)21-17-26-12-9-13-31(33(26)35)38(34(40)27-10-7-6-8-11-27)23-24-14-20-29(30(22-24)36-2)25-15-18-28(19-16-25)37(3)4/h9,12-22,27H,5-8,10-11,23H2,1,3-4H3/b21-17+. The molecule has 7 heteroatoms. The summed E-state index contributed by atoms with van der Waals surface area (Å²) in [6.45, 7) is 9.89. The number of hydrogen-bond acceptors (Lipinski definition) is 4. The lowest BCUT2D eigenvalue weighted by Gasteiger charge is -2.30. The van der Waals surface area contributed by atoms with Crippen LogP contribution in [0.3, 0.4) is 0 Å². The number of nitrogens with zero attached hydrogens (tertiary/aromatic N) is 3. The predicted octanol–water partition coefficient (Wildman–Crippen LogP) is 7.80. The summed E-state index contributed by atoms with van der Waals surface area (Å²) in [5.74, 6) is -1.45. The minimum Gasteiger partial charge on any atom is -0.463 e. The predicted molar refractivity (Wildman–Crippen MR) is 162 cm³/mol. The molecule has 0 bridgehead atoms. The van der Waals surface area contributed by atoms with Crippen LogP contribution in [0.4, 0.5) is 21.5 Å². The highest BCUT2D eigenvalue weighted by Crippen LogP contribution is 2.35. The number of halogens is 1. The van der Waals surface area contributed by atoms with Crippen LogP contribution in [0.1, 0.15) is 50.2 Å². The second kappa shape index (κ2) is 13.8. The van der Waals surface area contributed by atoms with Crippen molar-refractivity contribution in [3.05, 3.63) is 95.1 Å². The molecule has 4 rings (SSSR count). The zero-order valence-electron chi connectivity index (χ0n) is 23.9. The Labute approximate surface area is 241 Å². The van der Waals surface area contributed by atoms with Gasteiger partial charge in [-0.1, -0.05) is 61.7 Å². The fourth-order valence-corrected chi connectivity index (χ4v) is 5.21. The highest BCUT2D eigenvalue weighted by Gasteiger charge is 2.29. The van der Waals surface area contributed by atoms with Gasteiger partial charge in [-0.2, -0.15) is 0 Å². The zero-order valence-corrected chi connectivity index (χ0v) is 23.9. The van der Waals surface area contributed by atoms with E-state index < -0.39 is 11.8 Å². The number of esters is 1. The van der Waals surface area contributed by atoms with Crippen LogP contribution in [0.25, 0.3) is 22.0 Å². The molecule has 0 N–H and O–H groups in total. The maximum absolute atomic E-state index is 15.9. The third kappa shape index (κ3) is 7.20. The van der Waals surface area contributed by atoms with E-state index in [0.29, 0.717) is 5.69 Å². The number of anilines is 2. The molecule has 0 radical (unpaired) electrons. The van der Waals surface area contributed by atoms with Crippen molar-refractivity contribution in [1.29, 1.82) is 0 Å². The minimum absolute atomic E-state index is 0.122. The monoisotopic (exact) mass is 553 g/mol. The van der Waals surface area contributed by atoms with Crippen molar-refractivity contribution in [3.8, 4) is 11.1 Å². The SMILES string of the molecule is [C-]#[N+]c1cc(CN(C(=O)C2CCCCC2)c2cccc(/C=C/C(=O)OCC)c2F)ccc1-c1ccc(N(C)C)cc1. The van der Waals surface area contributed by atoms with Gasteiger partial charge in [0.1, 0.15) is 0 Å². The molecule has 41 heavy (non-hydrogen) atoms. The number of carbonyl (C=O) groups is 2. The Bertz CT molecular complexity index is 1450. The molecule has 6 nitrogen and oxygen atoms in total. The maximum atomic E-state index is 15.9. The third-order valence-electron chi connectivity index (χ3n) is 7.42. The first kappa shape index (κ1) is 29.5. The molecule has 1 aliphatic carbocycles. The zero-order chi connectivity index (χ0) is 29.4. The summed E-state index contributed by atoms with van der Waals surface area (Å²) in [5.41, 5.74) is 4.34. The molecule has 0 saturated heterocycles. The van der Waals surface area contributed by atoms with Crippen LogP contribution in [0.5, 0.6) is 0 Å². The third-order valence-corrected chi connectivity index (χ3v) is 7.42. The number of ether oxygens (including phenoxy) is 1. The summed E-state index contributed by atoms with van der Waals surface area (Å²) < 4.78 is 20.8. The van der Waals surface area contributed by atoms with Crippen LogP contribution < -0.4 is 9.80 Å². The van der Waals surface area contributed by atoms with Gasteiger partial charge in [0, 0.05) is 43.9 Å². The second-order valence-corrected chi connectivity index (χ2v) is 10.4. The molecule has 3 aromatic carbocycles. The van der Waals surface area contributed by atoms with Crippen molar-refractivity contribution >= 4 is 35.0 Å². The fraction of sp³-hybridized carbons (Fsp3) is 0.324. The molecule has 1 fully saturated rings. The Morgan fingerprint density at radius 2 is 1.78 bits per heavy atom. The van der Waals surface area contributed by atoms with Gasteiger partial charge in [0.25, 0.3) is 0 Å². The minimum atomic E-state index is -0.583. The lowest BCUT2D eigenvalue weighted by Crippen LogP contribution is -2.37. The molecule has 0 spiro atoms. The summed E-state index contributed by atoms with van der Waals surface area (Å²) in [5, 5.41) is 0. The molecule has 1 aliphatic rings. The maximum Gasteiger partial charge on any atom is 0.330 e. The van der Waals surface area contributed by atoms with E-state index >= 15 is 4.39 Å². The lowest BCUT2D eigenvalue weighted by molar-refractivity contribution is -0.137. The molecule has 1 amide bonds. The molecule has 0 atom stereocenters. The molecule has 212 valence electrons. The summed E-state index contributed by atoms with van der Waals surface area (Å²) in [7, 11) is 3.95. The number of benzene rings is 3. The van der Waals surface area contributed by atoms with Crippen LogP contribution in [-0.4, -0.2) is 32.6 Å². The van der Waals surface area contributed by atoms with Crippen molar-refractivity contribution in [2.45, 2.75) is 45.6 Å². The van der Waals surface area contributed by atoms with Crippen LogP contribution in [0.2, 0.25) is 0 Å². The quantitative estimate of drug-likeness (QED) is 0.154. The molecule has 3 aromatic rings. The topological polar surface area (TPSA) is 54.2 Å². The first-order valence-electron chi connectivity index (χ1n) is 14.0. The molecule has 0 aromatic heterocycles. The van der Waals surface area contributed by atoms with Crippen molar-refractivity contribution in [2.24, 2.45) is 5.92 Å². The van der Waals surface area contributed by atoms with Crippen LogP contribution in [0, 0.1) is 18.3 Å². The number of hydrogen-bond donors (Lipinski definition) is 0. The van der Waals surface area contributed by atoms with Gasteiger partial charge in [-0.25, -0.2) is 14.0 Å². The summed E-state index contributed by atoms with van der Waals surface area (Å²) >= 11 is 0. The highest BCUT2D eigenvalue weighted by molar-refractivity contribution is 5.96. The van der Waals surface area contributed by atoms with E-state index in [1.54, 1.807) is 31.2 Å². The molecular formula is C34H36FN3O3. The molecule has 0 unspecified atom stereocenters. The van der Waals surface area contributed by atoms with Gasteiger partial charge in [-0.15, -0.1) is 0 Å². The number of amides is 1. The van der Waals surface area contributed by atoms with Crippen molar-refractivity contribution in [1.82, 2.24) is 0 Å². The Morgan fingerprint density at radius 1 is 1.05 bits per heavy atom. The van der Waals surface area contributed by atoms with E-state index in [1.165, 1.54) is 17.1 Å². The van der Waals surface area contributed by atoms with Crippen LogP contribution >= 0.6 is 0 Å². The van der Waals surface area contributed by atoms with Crippen LogP contribution in [-0.2, 0) is 20.9 Å². The van der Waals surface area contributed by atoms with E-state index in [4.69, 9.17) is 11.3 Å². The Hall–Kier alpha value is -4.44. The summed E-state index contributed by atoms with van der Waals surface area (Å²) in [6, 6.07) is 18.4. The Morgan fingerprint density at radius 3 is 2.44 bits per heavy atom. The van der Waals surface area contributed by atoms with Crippen molar-refractivity contribution in [3.63, 3.8) is 0 Å². The Kier molecular flexibility index (Phi) is 9.91. The summed E-state index contributed by atoms with van der Waals surface area (Å²) in [4.78, 5) is 33.0. The van der Waals surface area contributed by atoms with Gasteiger partial charge in [0.05, 0.1) is 18.9 Å². The van der Waals surface area contributed by atoms with E-state index in [0.717, 1.165) is 54.5 Å². The van der Waals surface area contributed by atoms with Gasteiger partial charge in [0.15, 0.2) is 11.5 Å². The molecule has 1 saturated carbocycles. The van der Waals surface area contributed by atoms with Gasteiger partial charge in [-0.05, 0) is 60.7 Å². The van der Waals surface area contributed by atoms with Gasteiger partial charge >= 0.3 is 5.97 Å². The van der Waals surface area contributed by atoms with E-state index in [2.05, 4.69) is 4.85 Å². The number of rotatable bonds is 9. The first-order valence-corrected chi connectivity index (χ1v) is 14.0. The largest absolute Gasteiger partial charge is 0.463 e. The smallest absolute Gasteiger partial charge is 0.330 e. The fourth-order valence-electron chi connectivity index (χ4n) is 5.21. The van der Waals surface area contributed by atoms with E-state index in [9.17, 15) is 9.59 Å². The molecule has 0 heterocycles.